The van der Waals surface area contributed by atoms with Crippen LogP contribution in [-0.4, -0.2) is 26.8 Å². The van der Waals surface area contributed by atoms with E-state index < -0.39 is 5.76 Å². The van der Waals surface area contributed by atoms with Crippen LogP contribution >= 0.6 is 0 Å². The number of methoxy groups -OCH3 is 1. The number of nitrogens with one attached hydrogen (secondary N) is 1. The van der Waals surface area contributed by atoms with E-state index in [0.29, 0.717) is 24.6 Å². The number of nitrogens with zero attached hydrogens (tertiary/aromatic N) is 3. The van der Waals surface area contributed by atoms with Crippen LogP contribution in [0.2, 0.25) is 0 Å². The maximum absolute atomic E-state index is 13.9. The quantitative estimate of drug-likeness (QED) is 0.242. The second-order valence-electron chi connectivity index (χ2n) is 10.4. The molecular weight excluding hydrogens is 492 g/mol. The third-order valence-corrected chi connectivity index (χ3v) is 6.85. The van der Waals surface area contributed by atoms with Gasteiger partial charge in [0.2, 0.25) is 0 Å². The molecule has 204 valence electrons. The first-order chi connectivity index (χ1) is 18.8. The molecule has 0 radical (unpaired) electrons. The van der Waals surface area contributed by atoms with Gasteiger partial charge in [0, 0.05) is 36.6 Å². The molecule has 2 aromatic heterocycles. The summed E-state index contributed by atoms with van der Waals surface area (Å²) in [5, 5.41) is 3.85. The van der Waals surface area contributed by atoms with Crippen molar-refractivity contribution in [2.75, 3.05) is 7.11 Å². The lowest BCUT2D eigenvalue weighted by atomic mass is 9.93. The first kappa shape index (κ1) is 28.0. The van der Waals surface area contributed by atoms with Gasteiger partial charge < -0.3 is 4.74 Å². The van der Waals surface area contributed by atoms with Crippen molar-refractivity contribution in [3.63, 3.8) is 0 Å². The molecule has 2 heterocycles. The standard InChI is InChI=1S/C31H36N4O4/c1-6-8-13-26-25(29(36)35(20-31(3,4)7-2)27(32-26)19-38-5)18-21-14-16-22(17-15-21)23-11-9-10-12-24(23)28-33-30(37)39-34-28/h7,9-12,14-17H,2,6,8,13,18-20H2,1,3-5H3,(H,33,34,37). The number of hydrogen-bond donors (Lipinski definition) is 1. The van der Waals surface area contributed by atoms with Crippen molar-refractivity contribution in [3.8, 4) is 22.5 Å². The monoisotopic (exact) mass is 528 g/mol. The van der Waals surface area contributed by atoms with Gasteiger partial charge in [0.15, 0.2) is 5.82 Å². The average molecular weight is 529 g/mol. The molecule has 0 aliphatic carbocycles. The molecule has 8 heteroatoms. The fourth-order valence-electron chi connectivity index (χ4n) is 4.58. The summed E-state index contributed by atoms with van der Waals surface area (Å²) < 4.78 is 11.9. The second-order valence-corrected chi connectivity index (χ2v) is 10.4. The van der Waals surface area contributed by atoms with E-state index in [1.165, 1.54) is 0 Å². The van der Waals surface area contributed by atoms with Crippen molar-refractivity contribution in [1.82, 2.24) is 19.7 Å². The third kappa shape index (κ3) is 6.52. The summed E-state index contributed by atoms with van der Waals surface area (Å²) in [7, 11) is 1.62. The Bertz CT molecular complexity index is 1540. The van der Waals surface area contributed by atoms with E-state index in [2.05, 4.69) is 37.5 Å². The Morgan fingerprint density at radius 3 is 2.44 bits per heavy atom. The molecule has 39 heavy (non-hydrogen) atoms. The third-order valence-electron chi connectivity index (χ3n) is 6.85. The zero-order chi connectivity index (χ0) is 28.0. The highest BCUT2D eigenvalue weighted by Crippen LogP contribution is 2.30. The number of rotatable bonds is 12. The van der Waals surface area contributed by atoms with Gasteiger partial charge in [-0.25, -0.2) is 9.78 Å². The summed E-state index contributed by atoms with van der Waals surface area (Å²) in [5.74, 6) is 0.428. The van der Waals surface area contributed by atoms with Gasteiger partial charge in [0.25, 0.3) is 5.56 Å². The maximum atomic E-state index is 13.9. The number of aryl methyl sites for hydroxylation is 1. The zero-order valence-corrected chi connectivity index (χ0v) is 23.1. The van der Waals surface area contributed by atoms with E-state index in [-0.39, 0.29) is 17.6 Å². The normalized spacial score (nSPS) is 11.6. The van der Waals surface area contributed by atoms with E-state index in [1.807, 2.05) is 54.6 Å². The number of aromatic nitrogens is 4. The molecule has 0 amide bonds. The van der Waals surface area contributed by atoms with E-state index >= 15 is 0 Å². The fourth-order valence-corrected chi connectivity index (χ4v) is 4.58. The number of allylic oxidation sites excluding steroid dienone is 1. The highest BCUT2D eigenvalue weighted by Gasteiger charge is 2.22. The Morgan fingerprint density at radius 1 is 1.10 bits per heavy atom. The SMILES string of the molecule is C=CC(C)(C)Cn1c(COC)nc(CCCC)c(Cc2ccc(-c3ccccc3-c3noc(=O)[nH]3)cc2)c1=O. The number of benzene rings is 2. The van der Waals surface area contributed by atoms with Crippen LogP contribution < -0.4 is 11.3 Å². The molecule has 0 aliphatic rings. The van der Waals surface area contributed by atoms with Gasteiger partial charge in [-0.15, -0.1) is 6.58 Å². The molecule has 4 aromatic rings. The van der Waals surface area contributed by atoms with Crippen LogP contribution in [-0.2, 0) is 30.7 Å². The Hall–Kier alpha value is -4.04. The summed E-state index contributed by atoms with van der Waals surface area (Å²) >= 11 is 0. The molecule has 0 saturated carbocycles. The van der Waals surface area contributed by atoms with Crippen molar-refractivity contribution in [2.45, 2.75) is 59.6 Å². The van der Waals surface area contributed by atoms with Gasteiger partial charge in [-0.2, -0.15) is 0 Å². The van der Waals surface area contributed by atoms with Crippen molar-refractivity contribution in [3.05, 3.63) is 105 Å². The number of aromatic amines is 1. The van der Waals surface area contributed by atoms with Gasteiger partial charge in [-0.05, 0) is 29.5 Å². The average Bonchev–Trinajstić information content (AvgIpc) is 3.38. The van der Waals surface area contributed by atoms with Crippen LogP contribution in [0.15, 0.2) is 75.3 Å². The maximum Gasteiger partial charge on any atom is 0.439 e. The van der Waals surface area contributed by atoms with Gasteiger partial charge in [0.1, 0.15) is 12.4 Å². The first-order valence-electron chi connectivity index (χ1n) is 13.2. The number of hydrogen-bond acceptors (Lipinski definition) is 6. The molecule has 8 nitrogen and oxygen atoms in total. The summed E-state index contributed by atoms with van der Waals surface area (Å²) in [6.45, 7) is 10.9. The highest BCUT2D eigenvalue weighted by atomic mass is 16.5. The van der Waals surface area contributed by atoms with Crippen LogP contribution in [0.5, 0.6) is 0 Å². The van der Waals surface area contributed by atoms with E-state index in [1.54, 1.807) is 11.7 Å². The molecule has 0 bridgehead atoms. The second kappa shape index (κ2) is 12.2. The minimum atomic E-state index is -0.596. The molecule has 2 aromatic carbocycles. The molecule has 0 spiro atoms. The zero-order valence-electron chi connectivity index (χ0n) is 23.1. The lowest BCUT2D eigenvalue weighted by Gasteiger charge is -2.24. The lowest BCUT2D eigenvalue weighted by Crippen LogP contribution is -2.34. The van der Waals surface area contributed by atoms with E-state index in [9.17, 15) is 9.59 Å². The number of ether oxygens (including phenoxy) is 1. The van der Waals surface area contributed by atoms with Crippen LogP contribution in [0.1, 0.15) is 56.3 Å². The van der Waals surface area contributed by atoms with Gasteiger partial charge in [0.05, 0.1) is 5.69 Å². The summed E-state index contributed by atoms with van der Waals surface area (Å²) in [5.41, 5.74) is 4.91. The van der Waals surface area contributed by atoms with Gasteiger partial charge in [-0.1, -0.05) is 87.0 Å². The van der Waals surface area contributed by atoms with Crippen molar-refractivity contribution >= 4 is 0 Å². The topological polar surface area (TPSA) is 103 Å². The van der Waals surface area contributed by atoms with E-state index in [4.69, 9.17) is 14.2 Å². The highest BCUT2D eigenvalue weighted by molar-refractivity contribution is 5.80. The van der Waals surface area contributed by atoms with E-state index in [0.717, 1.165) is 52.8 Å². The molecule has 1 N–H and O–H groups in total. The molecule has 0 atom stereocenters. The van der Waals surface area contributed by atoms with Gasteiger partial charge in [-0.3, -0.25) is 18.9 Å². The molecule has 0 aliphatic heterocycles. The molecule has 0 fully saturated rings. The van der Waals surface area contributed by atoms with Crippen molar-refractivity contribution in [2.24, 2.45) is 5.41 Å². The summed E-state index contributed by atoms with van der Waals surface area (Å²) in [4.78, 5) is 33.0. The Morgan fingerprint density at radius 2 is 1.82 bits per heavy atom. The Kier molecular flexibility index (Phi) is 8.76. The molecular formula is C31H36N4O4. The van der Waals surface area contributed by atoms with Crippen LogP contribution in [0.3, 0.4) is 0 Å². The van der Waals surface area contributed by atoms with Crippen LogP contribution in [0.25, 0.3) is 22.5 Å². The predicted octanol–water partition coefficient (Wildman–Crippen LogP) is 5.55. The molecule has 0 saturated heterocycles. The minimum absolute atomic E-state index is 0.0255. The molecule has 0 unspecified atom stereocenters. The number of unbranched alkanes of at least 4 members (excludes halogenated alkanes) is 1. The summed E-state index contributed by atoms with van der Waals surface area (Å²) in [6, 6.07) is 15.8. The smallest absolute Gasteiger partial charge is 0.377 e. The Labute approximate surface area is 228 Å². The number of H-pyrrole nitrogens is 1. The predicted molar refractivity (Wildman–Crippen MR) is 153 cm³/mol. The van der Waals surface area contributed by atoms with Crippen LogP contribution in [0, 0.1) is 5.41 Å². The molecule has 4 rings (SSSR count). The van der Waals surface area contributed by atoms with Crippen molar-refractivity contribution < 1.29 is 9.26 Å². The first-order valence-corrected chi connectivity index (χ1v) is 13.2. The van der Waals surface area contributed by atoms with Gasteiger partial charge >= 0.3 is 5.76 Å². The Balaban J connectivity index is 1.72. The lowest BCUT2D eigenvalue weighted by molar-refractivity contribution is 0.169. The van der Waals surface area contributed by atoms with Crippen molar-refractivity contribution in [1.29, 1.82) is 0 Å². The fraction of sp³-hybridized carbons (Fsp3) is 0.355. The largest absolute Gasteiger partial charge is 0.439 e. The summed E-state index contributed by atoms with van der Waals surface area (Å²) in [6.07, 6.45) is 5.05. The minimum Gasteiger partial charge on any atom is -0.377 e. The van der Waals surface area contributed by atoms with Crippen LogP contribution in [0.4, 0.5) is 0 Å².